The molecule has 1 aromatic rings. The molecule has 16 heavy (non-hydrogen) atoms. The van der Waals surface area contributed by atoms with Gasteiger partial charge in [-0.2, -0.15) is 0 Å². The van der Waals surface area contributed by atoms with Gasteiger partial charge >= 0.3 is 0 Å². The van der Waals surface area contributed by atoms with Crippen molar-refractivity contribution in [2.45, 2.75) is 38.6 Å². The van der Waals surface area contributed by atoms with E-state index >= 15 is 0 Å². The second-order valence-electron chi connectivity index (χ2n) is 4.44. The maximum Gasteiger partial charge on any atom is 0.133 e. The summed E-state index contributed by atoms with van der Waals surface area (Å²) in [5.41, 5.74) is 2.34. The fraction of sp³-hybridized carbons (Fsp3) is 0.538. The first kappa shape index (κ1) is 11.9. The fourth-order valence-corrected chi connectivity index (χ4v) is 2.82. The van der Waals surface area contributed by atoms with Crippen LogP contribution < -0.4 is 5.32 Å². The molecule has 0 radical (unpaired) electrons. The average Bonchev–Trinajstić information content (AvgIpc) is 2.77. The van der Waals surface area contributed by atoms with E-state index in [2.05, 4.69) is 34.2 Å². The highest BCUT2D eigenvalue weighted by Crippen LogP contribution is 2.31. The van der Waals surface area contributed by atoms with Gasteiger partial charge in [0.25, 0.3) is 0 Å². The SMILES string of the molecule is CCc1cc(Br)c(O)c(CC2CCCN2)c1. The smallest absolute Gasteiger partial charge is 0.133 e. The van der Waals surface area contributed by atoms with Gasteiger partial charge in [-0.25, -0.2) is 0 Å². The van der Waals surface area contributed by atoms with Crippen LogP contribution in [0.4, 0.5) is 0 Å². The molecule has 1 unspecified atom stereocenters. The number of hydrogen-bond donors (Lipinski definition) is 2. The predicted octanol–water partition coefficient (Wildman–Crippen LogP) is 3.01. The van der Waals surface area contributed by atoms with E-state index in [-0.39, 0.29) is 0 Å². The third-order valence-corrected chi connectivity index (χ3v) is 3.84. The monoisotopic (exact) mass is 283 g/mol. The van der Waals surface area contributed by atoms with E-state index in [9.17, 15) is 5.11 Å². The molecule has 1 saturated heterocycles. The van der Waals surface area contributed by atoms with Gasteiger partial charge < -0.3 is 10.4 Å². The highest BCUT2D eigenvalue weighted by Gasteiger charge is 2.17. The molecule has 0 bridgehead atoms. The Morgan fingerprint density at radius 3 is 2.94 bits per heavy atom. The summed E-state index contributed by atoms with van der Waals surface area (Å²) < 4.78 is 0.819. The number of nitrogens with one attached hydrogen (secondary N) is 1. The van der Waals surface area contributed by atoms with Crippen molar-refractivity contribution in [2.24, 2.45) is 0 Å². The summed E-state index contributed by atoms with van der Waals surface area (Å²) in [7, 11) is 0. The molecule has 1 aliphatic heterocycles. The number of hydrogen-bond acceptors (Lipinski definition) is 2. The molecule has 1 fully saturated rings. The van der Waals surface area contributed by atoms with Gasteiger partial charge in [0.2, 0.25) is 0 Å². The van der Waals surface area contributed by atoms with E-state index < -0.39 is 0 Å². The molecule has 0 spiro atoms. The van der Waals surface area contributed by atoms with Crippen LogP contribution in [0.1, 0.15) is 30.9 Å². The fourth-order valence-electron chi connectivity index (χ4n) is 2.27. The van der Waals surface area contributed by atoms with Gasteiger partial charge in [0.1, 0.15) is 5.75 Å². The molecule has 1 heterocycles. The standard InChI is InChI=1S/C13H18BrNO/c1-2-9-6-10(13(16)12(14)7-9)8-11-4-3-5-15-11/h6-7,11,15-16H,2-5,8H2,1H3. The van der Waals surface area contributed by atoms with E-state index in [4.69, 9.17) is 0 Å². The molecule has 1 aromatic carbocycles. The Balaban J connectivity index is 2.20. The van der Waals surface area contributed by atoms with Crippen LogP contribution in [0.15, 0.2) is 16.6 Å². The van der Waals surface area contributed by atoms with Crippen molar-refractivity contribution in [3.05, 3.63) is 27.7 Å². The topological polar surface area (TPSA) is 32.3 Å². The highest BCUT2D eigenvalue weighted by atomic mass is 79.9. The minimum atomic E-state index is 0.408. The summed E-state index contributed by atoms with van der Waals surface area (Å²) in [6.07, 6.45) is 4.40. The first-order valence-corrected chi connectivity index (χ1v) is 6.73. The van der Waals surface area contributed by atoms with E-state index in [0.29, 0.717) is 11.8 Å². The summed E-state index contributed by atoms with van der Waals surface area (Å²) in [6, 6.07) is 4.66. The Bertz CT molecular complexity index is 372. The number of phenols is 1. The van der Waals surface area contributed by atoms with Gasteiger partial charge in [-0.1, -0.05) is 13.0 Å². The zero-order chi connectivity index (χ0) is 11.5. The zero-order valence-corrected chi connectivity index (χ0v) is 11.2. The molecule has 1 atom stereocenters. The van der Waals surface area contributed by atoms with Crippen molar-refractivity contribution in [3.8, 4) is 5.75 Å². The molecule has 0 aromatic heterocycles. The van der Waals surface area contributed by atoms with Crippen LogP contribution in [0.2, 0.25) is 0 Å². The largest absolute Gasteiger partial charge is 0.506 e. The Labute approximate surface area is 105 Å². The molecular weight excluding hydrogens is 266 g/mol. The first-order valence-electron chi connectivity index (χ1n) is 5.94. The third-order valence-electron chi connectivity index (χ3n) is 3.24. The normalized spacial score (nSPS) is 20.2. The number of aromatic hydroxyl groups is 1. The highest BCUT2D eigenvalue weighted by molar-refractivity contribution is 9.10. The summed E-state index contributed by atoms with van der Waals surface area (Å²) >= 11 is 3.42. The van der Waals surface area contributed by atoms with Crippen LogP contribution in [0, 0.1) is 0 Å². The lowest BCUT2D eigenvalue weighted by Gasteiger charge is -2.13. The molecule has 0 saturated carbocycles. The van der Waals surface area contributed by atoms with Crippen LogP contribution in [0.25, 0.3) is 0 Å². The lowest BCUT2D eigenvalue weighted by atomic mass is 10.0. The summed E-state index contributed by atoms with van der Waals surface area (Å²) in [5.74, 6) is 0.408. The van der Waals surface area contributed by atoms with E-state index in [1.165, 1.54) is 18.4 Å². The van der Waals surface area contributed by atoms with Crippen LogP contribution >= 0.6 is 15.9 Å². The maximum absolute atomic E-state index is 10.0. The number of benzene rings is 1. The molecular formula is C13H18BrNO. The van der Waals surface area contributed by atoms with Gasteiger partial charge in [0, 0.05) is 6.04 Å². The van der Waals surface area contributed by atoms with Crippen molar-refractivity contribution < 1.29 is 5.11 Å². The lowest BCUT2D eigenvalue weighted by Crippen LogP contribution is -2.23. The molecule has 2 N–H and O–H groups in total. The molecule has 2 nitrogen and oxygen atoms in total. The van der Waals surface area contributed by atoms with Gasteiger partial charge in [0.05, 0.1) is 4.47 Å². The number of aryl methyl sites for hydroxylation is 1. The van der Waals surface area contributed by atoms with Crippen LogP contribution in [-0.4, -0.2) is 17.7 Å². The Morgan fingerprint density at radius 1 is 1.50 bits per heavy atom. The minimum Gasteiger partial charge on any atom is -0.506 e. The van der Waals surface area contributed by atoms with E-state index in [1.807, 2.05) is 6.07 Å². The molecule has 0 aliphatic carbocycles. The lowest BCUT2D eigenvalue weighted by molar-refractivity contribution is 0.458. The van der Waals surface area contributed by atoms with Gasteiger partial charge in [-0.3, -0.25) is 0 Å². The number of rotatable bonds is 3. The summed E-state index contributed by atoms with van der Waals surface area (Å²) in [6.45, 7) is 3.25. The second kappa shape index (κ2) is 5.19. The molecule has 2 rings (SSSR count). The minimum absolute atomic E-state index is 0.408. The average molecular weight is 284 g/mol. The van der Waals surface area contributed by atoms with Gasteiger partial charge in [0.15, 0.2) is 0 Å². The van der Waals surface area contributed by atoms with Crippen molar-refractivity contribution >= 4 is 15.9 Å². The number of phenolic OH excluding ortho intramolecular Hbond substituents is 1. The van der Waals surface area contributed by atoms with Crippen molar-refractivity contribution in [2.75, 3.05) is 6.54 Å². The Kier molecular flexibility index (Phi) is 3.87. The first-order chi connectivity index (χ1) is 7.70. The molecule has 0 amide bonds. The Hall–Kier alpha value is -0.540. The number of halogens is 1. The molecule has 3 heteroatoms. The van der Waals surface area contributed by atoms with Crippen molar-refractivity contribution in [3.63, 3.8) is 0 Å². The summed E-state index contributed by atoms with van der Waals surface area (Å²) in [4.78, 5) is 0. The van der Waals surface area contributed by atoms with Crippen molar-refractivity contribution in [1.82, 2.24) is 5.32 Å². The summed E-state index contributed by atoms with van der Waals surface area (Å²) in [5, 5.41) is 13.5. The quantitative estimate of drug-likeness (QED) is 0.894. The zero-order valence-electron chi connectivity index (χ0n) is 9.59. The predicted molar refractivity (Wildman–Crippen MR) is 69.9 cm³/mol. The van der Waals surface area contributed by atoms with Crippen LogP contribution in [0.5, 0.6) is 5.75 Å². The van der Waals surface area contributed by atoms with Gasteiger partial charge in [-0.15, -0.1) is 0 Å². The van der Waals surface area contributed by atoms with Crippen molar-refractivity contribution in [1.29, 1.82) is 0 Å². The maximum atomic E-state index is 10.0. The van der Waals surface area contributed by atoms with Crippen LogP contribution in [0.3, 0.4) is 0 Å². The molecule has 88 valence electrons. The van der Waals surface area contributed by atoms with Gasteiger partial charge in [-0.05, 0) is 65.4 Å². The third kappa shape index (κ3) is 2.58. The Morgan fingerprint density at radius 2 is 2.31 bits per heavy atom. The van der Waals surface area contributed by atoms with E-state index in [0.717, 1.165) is 29.4 Å². The van der Waals surface area contributed by atoms with Crippen LogP contribution in [-0.2, 0) is 12.8 Å². The van der Waals surface area contributed by atoms with E-state index in [1.54, 1.807) is 0 Å². The molecule has 1 aliphatic rings. The second-order valence-corrected chi connectivity index (χ2v) is 5.29.